The van der Waals surface area contributed by atoms with Crippen molar-refractivity contribution in [2.45, 2.75) is 20.0 Å². The molecule has 0 aromatic carbocycles. The summed E-state index contributed by atoms with van der Waals surface area (Å²) < 4.78 is 31.2. The Morgan fingerprint density at radius 1 is 1.22 bits per heavy atom. The van der Waals surface area contributed by atoms with Gasteiger partial charge < -0.3 is 11.1 Å². The number of thiophene rings is 2. The first-order valence-corrected chi connectivity index (χ1v) is 12.8. The normalized spacial score (nSPS) is 11.5. The van der Waals surface area contributed by atoms with Crippen molar-refractivity contribution >= 4 is 66.3 Å². The summed E-state index contributed by atoms with van der Waals surface area (Å²) in [6.07, 6.45) is 2.18. The van der Waals surface area contributed by atoms with Crippen LogP contribution in [0.1, 0.15) is 37.2 Å². The van der Waals surface area contributed by atoms with Crippen LogP contribution in [0, 0.1) is 6.92 Å². The van der Waals surface area contributed by atoms with Crippen LogP contribution in [0.4, 0.5) is 14.5 Å². The molecule has 0 aliphatic rings. The van der Waals surface area contributed by atoms with Crippen LogP contribution in [0.5, 0.6) is 0 Å². The van der Waals surface area contributed by atoms with E-state index >= 15 is 0 Å². The van der Waals surface area contributed by atoms with Gasteiger partial charge in [-0.3, -0.25) is 14.3 Å². The maximum absolute atomic E-state index is 13.6. The summed E-state index contributed by atoms with van der Waals surface area (Å²) in [5.74, 6) is -1.40. The average molecular weight is 592 g/mol. The fourth-order valence-corrected chi connectivity index (χ4v) is 5.83. The highest BCUT2D eigenvalue weighted by atomic mass is 79.9. The highest BCUT2D eigenvalue weighted by Gasteiger charge is 2.26. The number of carbonyl (C=O) groups is 2. The number of halogens is 3. The first-order chi connectivity index (χ1) is 17.2. The van der Waals surface area contributed by atoms with Gasteiger partial charge >= 0.3 is 0 Å². The second-order valence-corrected chi connectivity index (χ2v) is 10.9. The highest BCUT2D eigenvalue weighted by molar-refractivity contribution is 9.10. The van der Waals surface area contributed by atoms with Crippen LogP contribution >= 0.6 is 38.6 Å². The Bertz CT molecular complexity index is 1620. The molecule has 9 nitrogen and oxygen atoms in total. The molecule has 3 N–H and O–H groups in total. The molecule has 0 aliphatic heterocycles. The molecule has 0 unspecified atom stereocenters. The zero-order valence-electron chi connectivity index (χ0n) is 18.4. The SMILES string of the molecule is Cc1ccc(-c2cc(C(F)F)nc3sc(C(N)=O)c(NC(=O)c4ccn(Cn5cc(Br)cn5)n4)c23)s1. The topological polar surface area (TPSA) is 121 Å². The number of anilines is 1. The summed E-state index contributed by atoms with van der Waals surface area (Å²) in [4.78, 5) is 31.3. The minimum Gasteiger partial charge on any atom is -0.365 e. The number of hydrogen-bond acceptors (Lipinski definition) is 7. The van der Waals surface area contributed by atoms with Gasteiger partial charge in [-0.15, -0.1) is 22.7 Å². The standard InChI is InChI=1S/C22H16BrF2N7O2S2/c1-10-2-3-15(35-10)12-6-14(19(24)25)28-22-16(12)17(18(36-22)20(26)33)29-21(34)13-4-5-31(30-13)9-32-8-11(23)7-27-32/h2-8,19H,9H2,1H3,(H2,26,33)(H,29,34). The predicted molar refractivity (Wildman–Crippen MR) is 137 cm³/mol. The zero-order chi connectivity index (χ0) is 25.6. The third kappa shape index (κ3) is 4.66. The van der Waals surface area contributed by atoms with Crippen LogP contribution in [-0.4, -0.2) is 36.4 Å². The molecule has 0 aliphatic carbocycles. The number of nitrogens with one attached hydrogen (secondary N) is 1. The van der Waals surface area contributed by atoms with E-state index in [0.717, 1.165) is 20.7 Å². The van der Waals surface area contributed by atoms with E-state index in [4.69, 9.17) is 5.73 Å². The average Bonchev–Trinajstić information content (AvgIpc) is 3.61. The van der Waals surface area contributed by atoms with Gasteiger partial charge in [0.05, 0.1) is 16.4 Å². The Morgan fingerprint density at radius 2 is 2.03 bits per heavy atom. The molecule has 0 spiro atoms. The molecule has 5 aromatic heterocycles. The molecule has 5 aromatic rings. The molecule has 0 atom stereocenters. The number of alkyl halides is 2. The summed E-state index contributed by atoms with van der Waals surface area (Å²) in [5.41, 5.74) is 5.80. The second kappa shape index (κ2) is 9.52. The number of nitrogens with zero attached hydrogens (tertiary/aromatic N) is 5. The molecule has 36 heavy (non-hydrogen) atoms. The van der Waals surface area contributed by atoms with E-state index in [9.17, 15) is 18.4 Å². The fourth-order valence-electron chi connectivity index (χ4n) is 3.60. The summed E-state index contributed by atoms with van der Waals surface area (Å²) in [6.45, 7) is 2.17. The minimum absolute atomic E-state index is 0.00705. The van der Waals surface area contributed by atoms with Gasteiger partial charge in [-0.25, -0.2) is 18.4 Å². The van der Waals surface area contributed by atoms with Gasteiger partial charge in [-0.1, -0.05) is 0 Å². The Morgan fingerprint density at radius 3 is 2.67 bits per heavy atom. The van der Waals surface area contributed by atoms with E-state index in [1.165, 1.54) is 28.2 Å². The van der Waals surface area contributed by atoms with Gasteiger partial charge in [0.15, 0.2) is 5.69 Å². The third-order valence-electron chi connectivity index (χ3n) is 5.14. The number of carbonyl (C=O) groups excluding carboxylic acids is 2. The van der Waals surface area contributed by atoms with Crippen LogP contribution in [0.2, 0.25) is 0 Å². The lowest BCUT2D eigenvalue weighted by Crippen LogP contribution is -2.18. The number of aryl methyl sites for hydroxylation is 1. The largest absolute Gasteiger partial charge is 0.365 e. The van der Waals surface area contributed by atoms with Gasteiger partial charge in [0.2, 0.25) is 0 Å². The molecule has 0 saturated carbocycles. The number of rotatable bonds is 7. The molecular formula is C22H16BrF2N7O2S2. The fraction of sp³-hybridized carbons (Fsp3) is 0.136. The van der Waals surface area contributed by atoms with Gasteiger partial charge in [0.25, 0.3) is 18.2 Å². The maximum Gasteiger partial charge on any atom is 0.280 e. The summed E-state index contributed by atoms with van der Waals surface area (Å²) in [7, 11) is 0. The summed E-state index contributed by atoms with van der Waals surface area (Å²) in [5, 5.41) is 11.5. The molecule has 0 bridgehead atoms. The van der Waals surface area contributed by atoms with Crippen LogP contribution in [0.3, 0.4) is 0 Å². The number of primary amides is 1. The molecule has 0 fully saturated rings. The monoisotopic (exact) mass is 591 g/mol. The van der Waals surface area contributed by atoms with Crippen molar-refractivity contribution in [1.82, 2.24) is 24.5 Å². The van der Waals surface area contributed by atoms with E-state index in [2.05, 4.69) is 36.4 Å². The first kappa shape index (κ1) is 24.2. The van der Waals surface area contributed by atoms with Crippen molar-refractivity contribution in [2.24, 2.45) is 5.73 Å². The summed E-state index contributed by atoms with van der Waals surface area (Å²) >= 11 is 5.58. The van der Waals surface area contributed by atoms with Gasteiger partial charge in [0.1, 0.15) is 22.1 Å². The van der Waals surface area contributed by atoms with Crippen LogP contribution in [0.25, 0.3) is 20.7 Å². The number of fused-ring (bicyclic) bond motifs is 1. The molecule has 0 radical (unpaired) electrons. The molecule has 5 heterocycles. The third-order valence-corrected chi connectivity index (χ3v) is 7.68. The molecular weight excluding hydrogens is 576 g/mol. The molecule has 5 rings (SSSR count). The second-order valence-electron chi connectivity index (χ2n) is 7.69. The predicted octanol–water partition coefficient (Wildman–Crippen LogP) is 5.28. The van der Waals surface area contributed by atoms with Crippen LogP contribution in [0.15, 0.2) is 47.3 Å². The molecule has 0 saturated heterocycles. The van der Waals surface area contributed by atoms with E-state index in [0.29, 0.717) is 15.8 Å². The minimum atomic E-state index is -2.81. The van der Waals surface area contributed by atoms with Crippen molar-refractivity contribution < 1.29 is 18.4 Å². The molecule has 14 heteroatoms. The summed E-state index contributed by atoms with van der Waals surface area (Å²) in [6, 6.07) is 6.46. The van der Waals surface area contributed by atoms with Gasteiger partial charge in [-0.2, -0.15) is 10.2 Å². The van der Waals surface area contributed by atoms with E-state index in [-0.39, 0.29) is 27.8 Å². The number of aromatic nitrogens is 5. The van der Waals surface area contributed by atoms with Crippen molar-refractivity contribution in [1.29, 1.82) is 0 Å². The molecule has 184 valence electrons. The van der Waals surface area contributed by atoms with Crippen molar-refractivity contribution in [3.05, 3.63) is 68.5 Å². The number of nitrogens with two attached hydrogens (primary N) is 1. The lowest BCUT2D eigenvalue weighted by atomic mass is 10.1. The van der Waals surface area contributed by atoms with Crippen molar-refractivity contribution in [3.63, 3.8) is 0 Å². The van der Waals surface area contributed by atoms with Crippen molar-refractivity contribution in [2.75, 3.05) is 5.32 Å². The number of pyridine rings is 1. The van der Waals surface area contributed by atoms with Crippen LogP contribution in [-0.2, 0) is 6.67 Å². The maximum atomic E-state index is 13.6. The Balaban J connectivity index is 1.56. The highest BCUT2D eigenvalue weighted by Crippen LogP contribution is 2.44. The van der Waals surface area contributed by atoms with E-state index < -0.39 is 23.9 Å². The van der Waals surface area contributed by atoms with Gasteiger partial charge in [0, 0.05) is 33.1 Å². The van der Waals surface area contributed by atoms with E-state index in [1.54, 1.807) is 29.3 Å². The van der Waals surface area contributed by atoms with Crippen molar-refractivity contribution in [3.8, 4) is 10.4 Å². The van der Waals surface area contributed by atoms with E-state index in [1.807, 2.05) is 13.0 Å². The first-order valence-electron chi connectivity index (χ1n) is 10.3. The molecule has 2 amide bonds. The lowest BCUT2D eigenvalue weighted by Gasteiger charge is -2.09. The lowest BCUT2D eigenvalue weighted by molar-refractivity contribution is 0.100. The quantitative estimate of drug-likeness (QED) is 0.266. The zero-order valence-corrected chi connectivity index (χ0v) is 21.6. The Hall–Kier alpha value is -3.49. The number of hydrogen-bond donors (Lipinski definition) is 2. The Kier molecular flexibility index (Phi) is 6.40. The smallest absolute Gasteiger partial charge is 0.280 e. The Labute approximate surface area is 218 Å². The van der Waals surface area contributed by atoms with Crippen LogP contribution < -0.4 is 11.1 Å². The van der Waals surface area contributed by atoms with Gasteiger partial charge in [-0.05, 0) is 47.1 Å². The number of amides is 2.